The Labute approximate surface area is 182 Å². The standard InChI is InChI=1S/C22H21N7O3/c1-12-11-23-21(24-13-8-9-16-17(10-13)27-22(32)26-16)28-19(12)25-15-7-5-4-6-14(15)18(30)20(31)29(2)3/h4-11H,1-3H3,(H2,26,27,32)(H2,23,24,25,28). The quantitative estimate of drug-likeness (QED) is 0.272. The highest BCUT2D eigenvalue weighted by Gasteiger charge is 2.21. The lowest BCUT2D eigenvalue weighted by molar-refractivity contribution is -0.124. The van der Waals surface area contributed by atoms with Crippen LogP contribution in [-0.4, -0.2) is 50.6 Å². The molecule has 0 unspecified atom stereocenters. The largest absolute Gasteiger partial charge is 0.342 e. The number of benzene rings is 2. The monoisotopic (exact) mass is 431 g/mol. The fourth-order valence-electron chi connectivity index (χ4n) is 3.10. The van der Waals surface area contributed by atoms with Gasteiger partial charge < -0.3 is 25.5 Å². The van der Waals surface area contributed by atoms with Gasteiger partial charge in [0.2, 0.25) is 5.95 Å². The number of nitrogens with zero attached hydrogens (tertiary/aromatic N) is 3. The Hall–Kier alpha value is -4.47. The number of carbonyl (C=O) groups excluding carboxylic acids is 2. The normalized spacial score (nSPS) is 10.7. The Morgan fingerprint density at radius 1 is 1.00 bits per heavy atom. The van der Waals surface area contributed by atoms with Crippen molar-refractivity contribution in [3.05, 3.63) is 70.3 Å². The highest BCUT2D eigenvalue weighted by Crippen LogP contribution is 2.25. The molecule has 2 heterocycles. The Kier molecular flexibility index (Phi) is 5.42. The Bertz CT molecular complexity index is 1390. The average Bonchev–Trinajstić information content (AvgIpc) is 3.14. The molecule has 0 saturated heterocycles. The number of likely N-dealkylation sites (N-methyl/N-ethyl adjacent to an activating group) is 1. The second-order valence-electron chi connectivity index (χ2n) is 7.39. The Morgan fingerprint density at radius 2 is 1.75 bits per heavy atom. The van der Waals surface area contributed by atoms with E-state index < -0.39 is 11.7 Å². The van der Waals surface area contributed by atoms with Crippen LogP contribution in [0, 0.1) is 6.92 Å². The predicted molar refractivity (Wildman–Crippen MR) is 122 cm³/mol. The summed E-state index contributed by atoms with van der Waals surface area (Å²) in [5, 5.41) is 6.24. The number of ketones is 1. The zero-order valence-electron chi connectivity index (χ0n) is 17.7. The van der Waals surface area contributed by atoms with E-state index in [-0.39, 0.29) is 11.3 Å². The van der Waals surface area contributed by atoms with Gasteiger partial charge in [-0.2, -0.15) is 4.98 Å². The number of hydrogen-bond acceptors (Lipinski definition) is 7. The summed E-state index contributed by atoms with van der Waals surface area (Å²) in [6.07, 6.45) is 1.64. The van der Waals surface area contributed by atoms with Crippen LogP contribution in [0.1, 0.15) is 15.9 Å². The number of carbonyl (C=O) groups is 2. The highest BCUT2D eigenvalue weighted by atomic mass is 16.2. The first-order valence-corrected chi connectivity index (χ1v) is 9.76. The van der Waals surface area contributed by atoms with Gasteiger partial charge in [-0.25, -0.2) is 9.78 Å². The van der Waals surface area contributed by atoms with Crippen molar-refractivity contribution in [1.29, 1.82) is 0 Å². The molecule has 0 saturated carbocycles. The van der Waals surface area contributed by atoms with Crippen molar-refractivity contribution in [1.82, 2.24) is 24.8 Å². The molecule has 10 nitrogen and oxygen atoms in total. The number of Topliss-reactive ketones (excluding diaryl/α,β-unsaturated/α-hetero) is 1. The van der Waals surface area contributed by atoms with E-state index in [9.17, 15) is 14.4 Å². The number of aryl methyl sites for hydroxylation is 1. The van der Waals surface area contributed by atoms with Gasteiger partial charge in [0.25, 0.3) is 11.7 Å². The molecule has 0 aliphatic heterocycles. The summed E-state index contributed by atoms with van der Waals surface area (Å²) in [5.41, 5.74) is 3.23. The summed E-state index contributed by atoms with van der Waals surface area (Å²) in [5.74, 6) is -0.421. The van der Waals surface area contributed by atoms with Crippen LogP contribution in [0.5, 0.6) is 0 Å². The van der Waals surface area contributed by atoms with E-state index in [0.29, 0.717) is 34.2 Å². The second-order valence-corrected chi connectivity index (χ2v) is 7.39. The fraction of sp³-hybridized carbons (Fsp3) is 0.136. The van der Waals surface area contributed by atoms with Gasteiger partial charge >= 0.3 is 5.69 Å². The number of fused-ring (bicyclic) bond motifs is 1. The number of aromatic nitrogens is 4. The highest BCUT2D eigenvalue weighted by molar-refractivity contribution is 6.43. The maximum absolute atomic E-state index is 12.6. The number of rotatable bonds is 6. The van der Waals surface area contributed by atoms with Crippen molar-refractivity contribution in [3.8, 4) is 0 Å². The van der Waals surface area contributed by atoms with Crippen molar-refractivity contribution in [2.24, 2.45) is 0 Å². The van der Waals surface area contributed by atoms with Crippen LogP contribution in [0.25, 0.3) is 11.0 Å². The van der Waals surface area contributed by atoms with Crippen LogP contribution < -0.4 is 16.3 Å². The predicted octanol–water partition coefficient (Wildman–Crippen LogP) is 2.71. The maximum atomic E-state index is 12.6. The molecule has 4 rings (SSSR count). The fourth-order valence-corrected chi connectivity index (χ4v) is 3.10. The van der Waals surface area contributed by atoms with E-state index in [1.807, 2.05) is 6.92 Å². The first kappa shape index (κ1) is 20.8. The third-order valence-corrected chi connectivity index (χ3v) is 4.77. The topological polar surface area (TPSA) is 136 Å². The minimum atomic E-state index is -0.614. The van der Waals surface area contributed by atoms with Gasteiger partial charge in [0.1, 0.15) is 5.82 Å². The molecule has 162 valence electrons. The van der Waals surface area contributed by atoms with Gasteiger partial charge in [0.05, 0.1) is 22.3 Å². The Morgan fingerprint density at radius 3 is 2.53 bits per heavy atom. The number of hydrogen-bond donors (Lipinski definition) is 4. The number of H-pyrrole nitrogens is 2. The van der Waals surface area contributed by atoms with Crippen molar-refractivity contribution in [2.75, 3.05) is 24.7 Å². The third kappa shape index (κ3) is 4.19. The zero-order valence-corrected chi connectivity index (χ0v) is 17.7. The molecule has 0 radical (unpaired) electrons. The third-order valence-electron chi connectivity index (χ3n) is 4.77. The van der Waals surface area contributed by atoms with Crippen molar-refractivity contribution >= 4 is 45.9 Å². The number of amides is 1. The molecule has 0 bridgehead atoms. The van der Waals surface area contributed by atoms with Gasteiger partial charge in [-0.1, -0.05) is 12.1 Å². The molecule has 4 aromatic rings. The first-order chi connectivity index (χ1) is 15.3. The van der Waals surface area contributed by atoms with Crippen LogP contribution in [-0.2, 0) is 4.79 Å². The van der Waals surface area contributed by atoms with Gasteiger partial charge in [-0.15, -0.1) is 0 Å². The summed E-state index contributed by atoms with van der Waals surface area (Å²) in [6, 6.07) is 12.1. The van der Waals surface area contributed by atoms with E-state index in [1.54, 1.807) is 48.7 Å². The molecular formula is C22H21N7O3. The molecule has 0 atom stereocenters. The molecule has 1 amide bonds. The maximum Gasteiger partial charge on any atom is 0.323 e. The number of imidazole rings is 1. The van der Waals surface area contributed by atoms with Crippen LogP contribution in [0.15, 0.2) is 53.5 Å². The summed E-state index contributed by atoms with van der Waals surface area (Å²) >= 11 is 0. The second kappa shape index (κ2) is 8.34. The van der Waals surface area contributed by atoms with E-state index in [0.717, 1.165) is 5.56 Å². The van der Waals surface area contributed by atoms with Crippen LogP contribution in [0.4, 0.5) is 23.1 Å². The van der Waals surface area contributed by atoms with E-state index in [4.69, 9.17) is 0 Å². The smallest absolute Gasteiger partial charge is 0.323 e. The number of aromatic amines is 2. The molecule has 0 aliphatic carbocycles. The zero-order chi connectivity index (χ0) is 22.8. The first-order valence-electron chi connectivity index (χ1n) is 9.76. The molecule has 0 fully saturated rings. The van der Waals surface area contributed by atoms with E-state index in [2.05, 4.69) is 30.6 Å². The van der Waals surface area contributed by atoms with E-state index in [1.165, 1.54) is 19.0 Å². The molecule has 0 aliphatic rings. The van der Waals surface area contributed by atoms with Crippen molar-refractivity contribution < 1.29 is 9.59 Å². The van der Waals surface area contributed by atoms with Gasteiger partial charge in [-0.05, 0) is 37.3 Å². The lowest BCUT2D eigenvalue weighted by atomic mass is 10.1. The minimum absolute atomic E-state index is 0.251. The van der Waals surface area contributed by atoms with Gasteiger partial charge in [0, 0.05) is 31.5 Å². The lowest BCUT2D eigenvalue weighted by Crippen LogP contribution is -2.30. The van der Waals surface area contributed by atoms with Crippen molar-refractivity contribution in [3.63, 3.8) is 0 Å². The molecular weight excluding hydrogens is 410 g/mol. The summed E-state index contributed by atoms with van der Waals surface area (Å²) in [4.78, 5) is 51.7. The molecule has 4 N–H and O–H groups in total. The Balaban J connectivity index is 1.62. The summed E-state index contributed by atoms with van der Waals surface area (Å²) in [6.45, 7) is 1.83. The number of para-hydroxylation sites is 1. The van der Waals surface area contributed by atoms with Crippen LogP contribution >= 0.6 is 0 Å². The molecule has 10 heteroatoms. The molecule has 32 heavy (non-hydrogen) atoms. The average molecular weight is 431 g/mol. The lowest BCUT2D eigenvalue weighted by Gasteiger charge is -2.15. The SMILES string of the molecule is Cc1cnc(Nc2ccc3[nH]c(=O)[nH]c3c2)nc1Nc1ccccc1C(=O)C(=O)N(C)C. The van der Waals surface area contributed by atoms with Crippen LogP contribution in [0.3, 0.4) is 0 Å². The summed E-state index contributed by atoms with van der Waals surface area (Å²) < 4.78 is 0. The van der Waals surface area contributed by atoms with Crippen LogP contribution in [0.2, 0.25) is 0 Å². The summed E-state index contributed by atoms with van der Waals surface area (Å²) in [7, 11) is 3.06. The minimum Gasteiger partial charge on any atom is -0.342 e. The number of nitrogens with one attached hydrogen (secondary N) is 4. The molecule has 2 aromatic carbocycles. The number of anilines is 4. The van der Waals surface area contributed by atoms with E-state index >= 15 is 0 Å². The molecule has 0 spiro atoms. The van der Waals surface area contributed by atoms with Crippen molar-refractivity contribution in [2.45, 2.75) is 6.92 Å². The molecule has 2 aromatic heterocycles. The van der Waals surface area contributed by atoms with Gasteiger partial charge in [-0.3, -0.25) is 9.59 Å². The van der Waals surface area contributed by atoms with Gasteiger partial charge in [0.15, 0.2) is 0 Å².